The number of nitrogens with two attached hydrogens (primary N) is 1. The lowest BCUT2D eigenvalue weighted by atomic mass is 9.57. The van der Waals surface area contributed by atoms with Crippen molar-refractivity contribution in [2.45, 2.75) is 58.9 Å². The number of nitrogens with zero attached hydrogens (tertiary/aromatic N) is 1. The van der Waals surface area contributed by atoms with E-state index in [0.717, 1.165) is 19.3 Å². The molecule has 100 valence electrons. The topological polar surface area (TPSA) is 38.9 Å². The zero-order valence-electron chi connectivity index (χ0n) is 12.2. The first-order chi connectivity index (χ1) is 8.20. The molecule has 2 N–H and O–H groups in total. The van der Waals surface area contributed by atoms with Gasteiger partial charge in [-0.05, 0) is 48.1 Å². The summed E-state index contributed by atoms with van der Waals surface area (Å²) in [6.07, 6.45) is 8.15. The van der Waals surface area contributed by atoms with Crippen molar-refractivity contribution < 1.29 is 0 Å². The molecule has 1 aromatic heterocycles. The summed E-state index contributed by atoms with van der Waals surface area (Å²) in [4.78, 5) is 4.20. The minimum absolute atomic E-state index is 0.0890. The van der Waals surface area contributed by atoms with Gasteiger partial charge in [0.25, 0.3) is 0 Å². The monoisotopic (exact) mass is 246 g/mol. The molecule has 0 spiro atoms. The van der Waals surface area contributed by atoms with Crippen LogP contribution in [0, 0.1) is 10.8 Å². The highest BCUT2D eigenvalue weighted by molar-refractivity contribution is 5.15. The fourth-order valence-corrected chi connectivity index (χ4v) is 4.42. The van der Waals surface area contributed by atoms with Gasteiger partial charge < -0.3 is 5.73 Å². The maximum atomic E-state index is 6.71. The van der Waals surface area contributed by atoms with Crippen LogP contribution in [0.15, 0.2) is 24.5 Å². The van der Waals surface area contributed by atoms with Crippen LogP contribution in [-0.2, 0) is 6.42 Å². The van der Waals surface area contributed by atoms with Gasteiger partial charge in [0.15, 0.2) is 0 Å². The molecule has 1 fully saturated rings. The standard InChI is InChI=1S/C16H26N2/c1-14(2)10-15(3,4)12-16(17,11-14)8-13-6-5-7-18-9-13/h5-7,9H,8,10-12,17H2,1-4H3. The number of hydrogen-bond donors (Lipinski definition) is 1. The molecule has 0 radical (unpaired) electrons. The minimum Gasteiger partial charge on any atom is -0.325 e. The normalized spacial score (nSPS) is 24.7. The maximum absolute atomic E-state index is 6.71. The Hall–Kier alpha value is -0.890. The Bertz CT molecular complexity index is 390. The first-order valence-electron chi connectivity index (χ1n) is 6.88. The lowest BCUT2D eigenvalue weighted by molar-refractivity contribution is 0.0487. The second-order valence-corrected chi connectivity index (χ2v) is 7.76. The van der Waals surface area contributed by atoms with Gasteiger partial charge in [-0.1, -0.05) is 33.8 Å². The Labute approximate surface area is 111 Å². The van der Waals surface area contributed by atoms with E-state index in [1.54, 1.807) is 0 Å². The molecule has 2 nitrogen and oxygen atoms in total. The highest BCUT2D eigenvalue weighted by atomic mass is 14.8. The van der Waals surface area contributed by atoms with Gasteiger partial charge in [-0.15, -0.1) is 0 Å². The summed E-state index contributed by atoms with van der Waals surface area (Å²) in [5.74, 6) is 0. The summed E-state index contributed by atoms with van der Waals surface area (Å²) in [6.45, 7) is 9.38. The van der Waals surface area contributed by atoms with Crippen LogP contribution in [0.3, 0.4) is 0 Å². The number of rotatable bonds is 2. The number of hydrogen-bond acceptors (Lipinski definition) is 2. The molecule has 2 heteroatoms. The third kappa shape index (κ3) is 3.32. The second-order valence-electron chi connectivity index (χ2n) is 7.76. The summed E-state index contributed by atoms with van der Waals surface area (Å²) in [5, 5.41) is 0. The highest BCUT2D eigenvalue weighted by Gasteiger charge is 2.45. The van der Waals surface area contributed by atoms with E-state index < -0.39 is 0 Å². The molecule has 2 rings (SSSR count). The summed E-state index contributed by atoms with van der Waals surface area (Å²) >= 11 is 0. The van der Waals surface area contributed by atoms with Crippen molar-refractivity contribution in [3.63, 3.8) is 0 Å². The van der Waals surface area contributed by atoms with Crippen LogP contribution in [0.2, 0.25) is 0 Å². The van der Waals surface area contributed by atoms with Gasteiger partial charge in [0.1, 0.15) is 0 Å². The Kier molecular flexibility index (Phi) is 3.26. The molecule has 1 aliphatic carbocycles. The molecule has 18 heavy (non-hydrogen) atoms. The molecule has 0 bridgehead atoms. The highest BCUT2D eigenvalue weighted by Crippen LogP contribution is 2.49. The van der Waals surface area contributed by atoms with E-state index in [2.05, 4.69) is 38.7 Å². The SMILES string of the molecule is CC1(C)CC(C)(C)CC(N)(Cc2cccnc2)C1. The summed E-state index contributed by atoms with van der Waals surface area (Å²) in [6, 6.07) is 4.13. The van der Waals surface area contributed by atoms with Gasteiger partial charge in [-0.25, -0.2) is 0 Å². The van der Waals surface area contributed by atoms with Crippen molar-refractivity contribution in [1.29, 1.82) is 0 Å². The van der Waals surface area contributed by atoms with Crippen molar-refractivity contribution in [1.82, 2.24) is 4.98 Å². The van der Waals surface area contributed by atoms with Gasteiger partial charge in [-0.2, -0.15) is 0 Å². The van der Waals surface area contributed by atoms with E-state index in [0.29, 0.717) is 10.8 Å². The molecule has 0 aromatic carbocycles. The summed E-state index contributed by atoms with van der Waals surface area (Å²) in [7, 11) is 0. The summed E-state index contributed by atoms with van der Waals surface area (Å²) < 4.78 is 0. The van der Waals surface area contributed by atoms with Crippen molar-refractivity contribution in [3.8, 4) is 0 Å². The quantitative estimate of drug-likeness (QED) is 0.866. The van der Waals surface area contributed by atoms with Crippen LogP contribution < -0.4 is 5.73 Å². The molecule has 1 saturated carbocycles. The third-order valence-corrected chi connectivity index (χ3v) is 3.90. The largest absolute Gasteiger partial charge is 0.325 e. The van der Waals surface area contributed by atoms with Gasteiger partial charge in [0.05, 0.1) is 0 Å². The van der Waals surface area contributed by atoms with E-state index in [1.165, 1.54) is 12.0 Å². The van der Waals surface area contributed by atoms with Crippen LogP contribution >= 0.6 is 0 Å². The Morgan fingerprint density at radius 1 is 1.11 bits per heavy atom. The first kappa shape index (κ1) is 13.5. The second kappa shape index (κ2) is 4.34. The molecular formula is C16H26N2. The van der Waals surface area contributed by atoms with Gasteiger partial charge in [-0.3, -0.25) is 4.98 Å². The predicted octanol–water partition coefficient (Wildman–Crippen LogP) is 3.56. The van der Waals surface area contributed by atoms with Gasteiger partial charge in [0, 0.05) is 17.9 Å². The molecule has 1 aliphatic rings. The molecule has 0 saturated heterocycles. The molecule has 0 amide bonds. The molecule has 0 atom stereocenters. The van der Waals surface area contributed by atoms with Crippen LogP contribution in [0.5, 0.6) is 0 Å². The van der Waals surface area contributed by atoms with Crippen LogP contribution in [-0.4, -0.2) is 10.5 Å². The predicted molar refractivity (Wildman–Crippen MR) is 76.3 cm³/mol. The molecule has 1 aromatic rings. The van der Waals surface area contributed by atoms with Crippen molar-refractivity contribution in [3.05, 3.63) is 30.1 Å². The van der Waals surface area contributed by atoms with E-state index in [-0.39, 0.29) is 5.54 Å². The lowest BCUT2D eigenvalue weighted by Gasteiger charge is -2.50. The Morgan fingerprint density at radius 2 is 1.72 bits per heavy atom. The number of aromatic nitrogens is 1. The fraction of sp³-hybridized carbons (Fsp3) is 0.688. The van der Waals surface area contributed by atoms with Crippen molar-refractivity contribution in [2.24, 2.45) is 16.6 Å². The molecule has 0 aliphatic heterocycles. The molecule has 1 heterocycles. The van der Waals surface area contributed by atoms with Crippen LogP contribution in [0.1, 0.15) is 52.5 Å². The zero-order chi connectivity index (χ0) is 13.4. The van der Waals surface area contributed by atoms with Crippen molar-refractivity contribution in [2.75, 3.05) is 0 Å². The summed E-state index contributed by atoms with van der Waals surface area (Å²) in [5.41, 5.74) is 8.55. The van der Waals surface area contributed by atoms with E-state index in [9.17, 15) is 0 Å². The zero-order valence-corrected chi connectivity index (χ0v) is 12.2. The van der Waals surface area contributed by atoms with Crippen molar-refractivity contribution >= 4 is 0 Å². The van der Waals surface area contributed by atoms with E-state index in [4.69, 9.17) is 5.73 Å². The lowest BCUT2D eigenvalue weighted by Crippen LogP contribution is -2.53. The van der Waals surface area contributed by atoms with Gasteiger partial charge >= 0.3 is 0 Å². The third-order valence-electron chi connectivity index (χ3n) is 3.90. The number of pyridine rings is 1. The molecule has 0 unspecified atom stereocenters. The van der Waals surface area contributed by atoms with Crippen LogP contribution in [0.4, 0.5) is 0 Å². The Morgan fingerprint density at radius 3 is 2.22 bits per heavy atom. The maximum Gasteiger partial charge on any atom is 0.0300 e. The van der Waals surface area contributed by atoms with E-state index >= 15 is 0 Å². The minimum atomic E-state index is -0.0890. The smallest absolute Gasteiger partial charge is 0.0300 e. The van der Waals surface area contributed by atoms with Gasteiger partial charge in [0.2, 0.25) is 0 Å². The average Bonchev–Trinajstić information content (AvgIpc) is 2.11. The Balaban J connectivity index is 2.19. The average molecular weight is 246 g/mol. The van der Waals surface area contributed by atoms with Crippen LogP contribution in [0.25, 0.3) is 0 Å². The van der Waals surface area contributed by atoms with E-state index in [1.807, 2.05) is 18.5 Å². The molecular weight excluding hydrogens is 220 g/mol. The fourth-order valence-electron chi connectivity index (χ4n) is 4.42. The first-order valence-corrected chi connectivity index (χ1v) is 6.88.